The molecule has 134 valence electrons. The number of hydrogen-bond donors (Lipinski definition) is 0. The fraction of sp³-hybridized carbons (Fsp3) is 0.278. The first kappa shape index (κ1) is 16.2. The van der Waals surface area contributed by atoms with Crippen LogP contribution in [0.2, 0.25) is 0 Å². The van der Waals surface area contributed by atoms with E-state index in [0.717, 1.165) is 12.2 Å². The summed E-state index contributed by atoms with van der Waals surface area (Å²) in [6.07, 6.45) is 2.49. The number of nitrogens with zero attached hydrogens (tertiary/aromatic N) is 4. The summed E-state index contributed by atoms with van der Waals surface area (Å²) in [7, 11) is 3.21. The molecular formula is C18H18N4O4. The number of benzene rings is 1. The van der Waals surface area contributed by atoms with Crippen molar-refractivity contribution in [1.82, 2.24) is 19.0 Å². The number of hydrogen-bond acceptors (Lipinski definition) is 5. The molecular weight excluding hydrogens is 336 g/mol. The maximum absolute atomic E-state index is 12.6. The molecule has 1 saturated heterocycles. The topological polar surface area (TPSA) is 78.6 Å². The molecule has 1 amide bonds. The highest BCUT2D eigenvalue weighted by Crippen LogP contribution is 2.25. The van der Waals surface area contributed by atoms with Crippen LogP contribution in [0, 0.1) is 0 Å². The van der Waals surface area contributed by atoms with Gasteiger partial charge in [-0.2, -0.15) is 0 Å². The average molecular weight is 354 g/mol. The minimum atomic E-state index is -0.389. The molecule has 0 bridgehead atoms. The molecule has 4 rings (SSSR count). The molecule has 3 heterocycles. The number of rotatable bonds is 3. The van der Waals surface area contributed by atoms with Crippen molar-refractivity contribution in [3.63, 3.8) is 0 Å². The lowest BCUT2D eigenvalue weighted by Gasteiger charge is -2.30. The van der Waals surface area contributed by atoms with Crippen LogP contribution in [0.1, 0.15) is 6.42 Å². The first-order valence-corrected chi connectivity index (χ1v) is 8.27. The van der Waals surface area contributed by atoms with E-state index in [1.54, 1.807) is 49.4 Å². The molecule has 1 aromatic carbocycles. The zero-order valence-electron chi connectivity index (χ0n) is 14.5. The smallest absolute Gasteiger partial charge is 0.337 e. The van der Waals surface area contributed by atoms with E-state index in [4.69, 9.17) is 9.47 Å². The van der Waals surface area contributed by atoms with E-state index >= 15 is 0 Å². The van der Waals surface area contributed by atoms with Crippen molar-refractivity contribution in [1.29, 1.82) is 0 Å². The molecule has 1 aliphatic rings. The number of fused-ring (bicyclic) bond motifs is 1. The lowest BCUT2D eigenvalue weighted by Crippen LogP contribution is -2.47. The Morgan fingerprint density at radius 1 is 1.12 bits per heavy atom. The molecule has 0 saturated carbocycles. The molecule has 8 nitrogen and oxygen atoms in total. The molecule has 1 fully saturated rings. The molecule has 0 unspecified atom stereocenters. The third-order valence-corrected chi connectivity index (χ3v) is 4.52. The van der Waals surface area contributed by atoms with Crippen molar-refractivity contribution in [2.24, 2.45) is 7.05 Å². The van der Waals surface area contributed by atoms with Gasteiger partial charge in [-0.3, -0.25) is 4.57 Å². The van der Waals surface area contributed by atoms with Gasteiger partial charge in [-0.25, -0.2) is 19.1 Å². The van der Waals surface area contributed by atoms with Gasteiger partial charge in [-0.15, -0.1) is 0 Å². The summed E-state index contributed by atoms with van der Waals surface area (Å²) < 4.78 is 13.5. The van der Waals surface area contributed by atoms with Gasteiger partial charge in [0.25, 0.3) is 0 Å². The number of amides is 1. The van der Waals surface area contributed by atoms with Crippen LogP contribution in [0.5, 0.6) is 17.4 Å². The predicted molar refractivity (Wildman–Crippen MR) is 95.0 cm³/mol. The largest absolute Gasteiger partial charge is 0.497 e. The first-order chi connectivity index (χ1) is 12.6. The van der Waals surface area contributed by atoms with Crippen molar-refractivity contribution in [3.8, 4) is 17.4 Å². The highest BCUT2D eigenvalue weighted by atomic mass is 16.5. The summed E-state index contributed by atoms with van der Waals surface area (Å²) in [6.45, 7) is 1.34. The highest BCUT2D eigenvalue weighted by molar-refractivity contribution is 5.89. The Balaban J connectivity index is 1.73. The number of ether oxygens (including phenoxy) is 2. The maximum atomic E-state index is 12.6. The molecule has 26 heavy (non-hydrogen) atoms. The minimum Gasteiger partial charge on any atom is -0.497 e. The van der Waals surface area contributed by atoms with E-state index in [1.807, 2.05) is 0 Å². The molecule has 0 spiro atoms. The fourth-order valence-electron chi connectivity index (χ4n) is 2.87. The zero-order chi connectivity index (χ0) is 18.3. The first-order valence-electron chi connectivity index (χ1n) is 8.27. The number of carbonyl (C=O) groups excluding carboxylic acids is 1. The van der Waals surface area contributed by atoms with Crippen molar-refractivity contribution in [2.75, 3.05) is 20.2 Å². The number of pyridine rings is 1. The average Bonchev–Trinajstić information content (AvgIpc) is 2.84. The number of methoxy groups -OCH3 is 1. The quantitative estimate of drug-likeness (QED) is 0.721. The van der Waals surface area contributed by atoms with E-state index in [0.29, 0.717) is 35.8 Å². The maximum Gasteiger partial charge on any atom is 0.337 e. The van der Waals surface area contributed by atoms with E-state index < -0.39 is 0 Å². The zero-order valence-corrected chi connectivity index (χ0v) is 14.5. The van der Waals surface area contributed by atoms with Gasteiger partial charge in [0.2, 0.25) is 5.88 Å². The Kier molecular flexibility index (Phi) is 3.87. The van der Waals surface area contributed by atoms with Crippen molar-refractivity contribution >= 4 is 17.1 Å². The Morgan fingerprint density at radius 2 is 1.81 bits per heavy atom. The Labute approximate surface area is 149 Å². The summed E-state index contributed by atoms with van der Waals surface area (Å²) in [5.41, 5.74) is 0.666. The molecule has 0 aliphatic carbocycles. The van der Waals surface area contributed by atoms with Crippen LogP contribution >= 0.6 is 0 Å². The van der Waals surface area contributed by atoms with Crippen LogP contribution in [-0.2, 0) is 7.05 Å². The van der Waals surface area contributed by atoms with E-state index in [2.05, 4.69) is 4.98 Å². The standard InChI is InChI=1S/C18H18N4O4/c1-20-15-11-19-16(26-13-6-4-12(25-2)5-7-13)10-14(15)22(17(20)23)18(24)21-8-3-9-21/h4-7,10-11H,3,8-9H2,1-2H3. The minimum absolute atomic E-state index is 0.304. The van der Waals surface area contributed by atoms with Crippen LogP contribution in [0.25, 0.3) is 11.0 Å². The van der Waals surface area contributed by atoms with Crippen LogP contribution in [0.3, 0.4) is 0 Å². The van der Waals surface area contributed by atoms with Gasteiger partial charge in [0.1, 0.15) is 11.5 Å². The second-order valence-electron chi connectivity index (χ2n) is 6.09. The van der Waals surface area contributed by atoms with Gasteiger partial charge < -0.3 is 14.4 Å². The summed E-state index contributed by atoms with van der Waals surface area (Å²) in [5.74, 6) is 1.60. The van der Waals surface area contributed by atoms with Gasteiger partial charge in [-0.1, -0.05) is 0 Å². The SMILES string of the molecule is COc1ccc(Oc2cc3c(cn2)n(C)c(=O)n3C(=O)N2CCC2)cc1. The van der Waals surface area contributed by atoms with Crippen molar-refractivity contribution in [2.45, 2.75) is 6.42 Å². The van der Waals surface area contributed by atoms with Crippen LogP contribution in [0.4, 0.5) is 4.79 Å². The van der Waals surface area contributed by atoms with Gasteiger partial charge in [-0.05, 0) is 30.7 Å². The number of imidazole rings is 1. The van der Waals surface area contributed by atoms with Crippen LogP contribution in [-0.4, -0.2) is 45.2 Å². The Hall–Kier alpha value is -3.29. The lowest BCUT2D eigenvalue weighted by atomic mass is 10.2. The summed E-state index contributed by atoms with van der Waals surface area (Å²) >= 11 is 0. The fourth-order valence-corrected chi connectivity index (χ4v) is 2.87. The molecule has 3 aromatic rings. The van der Waals surface area contributed by atoms with Crippen LogP contribution in [0.15, 0.2) is 41.3 Å². The monoisotopic (exact) mass is 354 g/mol. The van der Waals surface area contributed by atoms with E-state index in [1.165, 1.54) is 15.3 Å². The van der Waals surface area contributed by atoms with Crippen molar-refractivity contribution in [3.05, 3.63) is 47.0 Å². The summed E-state index contributed by atoms with van der Waals surface area (Å²) in [6, 6.07) is 8.37. The van der Waals surface area contributed by atoms with Gasteiger partial charge in [0.15, 0.2) is 0 Å². The third-order valence-electron chi connectivity index (χ3n) is 4.52. The Morgan fingerprint density at radius 3 is 2.42 bits per heavy atom. The van der Waals surface area contributed by atoms with Crippen LogP contribution < -0.4 is 15.2 Å². The molecule has 1 aliphatic heterocycles. The number of carbonyl (C=O) groups is 1. The molecule has 0 atom stereocenters. The lowest BCUT2D eigenvalue weighted by molar-refractivity contribution is 0.169. The molecule has 0 N–H and O–H groups in total. The van der Waals surface area contributed by atoms with E-state index in [9.17, 15) is 9.59 Å². The van der Waals surface area contributed by atoms with Gasteiger partial charge in [0, 0.05) is 26.2 Å². The van der Waals surface area contributed by atoms with Gasteiger partial charge in [0.05, 0.1) is 24.3 Å². The molecule has 0 radical (unpaired) electrons. The number of likely N-dealkylation sites (tertiary alicyclic amines) is 1. The van der Waals surface area contributed by atoms with Gasteiger partial charge >= 0.3 is 11.7 Å². The van der Waals surface area contributed by atoms with Crippen molar-refractivity contribution < 1.29 is 14.3 Å². The Bertz CT molecular complexity index is 1030. The highest BCUT2D eigenvalue weighted by Gasteiger charge is 2.26. The predicted octanol–water partition coefficient (Wildman–Crippen LogP) is 2.21. The summed E-state index contributed by atoms with van der Waals surface area (Å²) in [5, 5.41) is 0. The number of aryl methyl sites for hydroxylation is 1. The second kappa shape index (κ2) is 6.21. The molecule has 2 aromatic heterocycles. The number of aromatic nitrogens is 3. The molecule has 8 heteroatoms. The summed E-state index contributed by atoms with van der Waals surface area (Å²) in [4.78, 5) is 31.0. The normalized spacial score (nSPS) is 13.5. The third kappa shape index (κ3) is 2.59. The van der Waals surface area contributed by atoms with E-state index in [-0.39, 0.29) is 11.7 Å². The second-order valence-corrected chi connectivity index (χ2v) is 6.09.